The largest absolute Gasteiger partial charge is 0.453 e. The van der Waals surface area contributed by atoms with E-state index in [9.17, 15) is 22.8 Å². The van der Waals surface area contributed by atoms with Crippen LogP contribution < -0.4 is 20.1 Å². The molecular formula is C23H28N4O8S. The minimum atomic E-state index is -4.29. The van der Waals surface area contributed by atoms with E-state index >= 15 is 0 Å². The number of carbonyl (C=O) groups is 3. The summed E-state index contributed by atoms with van der Waals surface area (Å²) in [6.45, 7) is 3.95. The highest BCUT2D eigenvalue weighted by molar-refractivity contribution is 7.87. The number of para-hydroxylation sites is 1. The van der Waals surface area contributed by atoms with Crippen molar-refractivity contribution in [2.24, 2.45) is 10.9 Å². The third-order valence-electron chi connectivity index (χ3n) is 4.49. The van der Waals surface area contributed by atoms with Gasteiger partial charge in [-0.05, 0) is 42.7 Å². The van der Waals surface area contributed by atoms with Crippen molar-refractivity contribution >= 4 is 45.5 Å². The van der Waals surface area contributed by atoms with Crippen LogP contribution in [0.2, 0.25) is 0 Å². The van der Waals surface area contributed by atoms with Crippen molar-refractivity contribution in [3.8, 4) is 5.75 Å². The first-order valence-electron chi connectivity index (χ1n) is 10.8. The van der Waals surface area contributed by atoms with Gasteiger partial charge in [-0.1, -0.05) is 32.0 Å². The maximum absolute atomic E-state index is 12.9. The second-order valence-corrected chi connectivity index (χ2v) is 9.26. The molecule has 0 aliphatic heterocycles. The molecule has 2 aromatic carbocycles. The van der Waals surface area contributed by atoms with Crippen LogP contribution in [0.4, 0.5) is 21.0 Å². The average molecular weight is 521 g/mol. The van der Waals surface area contributed by atoms with E-state index in [2.05, 4.69) is 30.4 Å². The van der Waals surface area contributed by atoms with Gasteiger partial charge in [-0.2, -0.15) is 8.42 Å². The summed E-state index contributed by atoms with van der Waals surface area (Å²) in [6, 6.07) is 11.6. The molecule has 3 amide bonds. The lowest BCUT2D eigenvalue weighted by molar-refractivity contribution is -0.116. The molecule has 3 N–H and O–H groups in total. The predicted molar refractivity (Wildman–Crippen MR) is 132 cm³/mol. The number of alkyl carbamates (subject to hydrolysis) is 1. The van der Waals surface area contributed by atoms with Crippen molar-refractivity contribution in [1.29, 1.82) is 0 Å². The first-order valence-corrected chi connectivity index (χ1v) is 12.2. The smallest absolute Gasteiger partial charge is 0.436 e. The Morgan fingerprint density at radius 3 is 2.25 bits per heavy atom. The summed E-state index contributed by atoms with van der Waals surface area (Å²) >= 11 is 0. The number of anilines is 2. The number of aliphatic imine (C=N–C) groups is 1. The molecule has 2 rings (SSSR count). The van der Waals surface area contributed by atoms with Crippen LogP contribution in [0.25, 0.3) is 0 Å². The molecule has 0 saturated heterocycles. The highest BCUT2D eigenvalue weighted by atomic mass is 32.2. The number of amides is 3. The van der Waals surface area contributed by atoms with Gasteiger partial charge in [0.15, 0.2) is 0 Å². The van der Waals surface area contributed by atoms with Crippen LogP contribution >= 0.6 is 0 Å². The van der Waals surface area contributed by atoms with Gasteiger partial charge in [-0.3, -0.25) is 10.1 Å². The highest BCUT2D eigenvalue weighted by Crippen LogP contribution is 2.28. The fourth-order valence-corrected chi connectivity index (χ4v) is 3.63. The maximum atomic E-state index is 12.9. The average Bonchev–Trinajstić information content (AvgIpc) is 2.83. The van der Waals surface area contributed by atoms with Crippen molar-refractivity contribution in [3.05, 3.63) is 48.5 Å². The van der Waals surface area contributed by atoms with Crippen LogP contribution in [0.5, 0.6) is 5.75 Å². The van der Waals surface area contributed by atoms with Gasteiger partial charge in [-0.15, -0.1) is 4.99 Å². The van der Waals surface area contributed by atoms with Gasteiger partial charge >= 0.3 is 22.3 Å². The van der Waals surface area contributed by atoms with Gasteiger partial charge in [0.1, 0.15) is 10.6 Å². The standard InChI is InChI=1S/C23H28N4O8S/c1-15(2)10-13-20(28)24-18-12-11-17(36(31,32)35-16-8-6-5-7-9-16)14-19(18)25-21(26-22(29)33-3)27-23(30)34-4/h5-9,11-12,14-15H,10,13H2,1-4H3,(H,24,28)(H2,25,26,27,29,30). The number of methoxy groups -OCH3 is 2. The Morgan fingerprint density at radius 2 is 1.64 bits per heavy atom. The van der Waals surface area contributed by atoms with Crippen molar-refractivity contribution in [3.63, 3.8) is 0 Å². The molecule has 0 aliphatic rings. The molecule has 12 nitrogen and oxygen atoms in total. The third-order valence-corrected chi connectivity index (χ3v) is 5.73. The number of nitrogens with one attached hydrogen (secondary N) is 3. The molecule has 0 atom stereocenters. The maximum Gasteiger partial charge on any atom is 0.436 e. The molecule has 36 heavy (non-hydrogen) atoms. The number of hydrogen-bond donors (Lipinski definition) is 3. The van der Waals surface area contributed by atoms with Crippen LogP contribution in [-0.2, 0) is 24.4 Å². The molecule has 0 radical (unpaired) electrons. The van der Waals surface area contributed by atoms with Gasteiger partial charge in [0.2, 0.25) is 11.9 Å². The fraction of sp³-hybridized carbons (Fsp3) is 0.304. The Bertz CT molecular complexity index is 1210. The molecule has 0 heterocycles. The number of hydrogen-bond acceptors (Lipinski definition) is 8. The van der Waals surface area contributed by atoms with Crippen LogP contribution in [-0.4, -0.2) is 46.7 Å². The van der Waals surface area contributed by atoms with Crippen molar-refractivity contribution in [2.45, 2.75) is 31.6 Å². The molecular weight excluding hydrogens is 492 g/mol. The van der Waals surface area contributed by atoms with E-state index in [-0.39, 0.29) is 34.3 Å². The molecule has 0 spiro atoms. The van der Waals surface area contributed by atoms with Gasteiger partial charge in [0, 0.05) is 6.42 Å². The molecule has 0 bridgehead atoms. The SMILES string of the molecule is COC(=O)N=C(NC(=O)OC)Nc1cc(S(=O)(=O)Oc2ccccc2)ccc1NC(=O)CCC(C)C. The second-order valence-electron chi connectivity index (χ2n) is 7.71. The predicted octanol–water partition coefficient (Wildman–Crippen LogP) is 3.72. The van der Waals surface area contributed by atoms with E-state index in [1.807, 2.05) is 13.8 Å². The number of guanidine groups is 1. The van der Waals surface area contributed by atoms with Gasteiger partial charge in [0.25, 0.3) is 0 Å². The number of nitrogens with zero attached hydrogens (tertiary/aromatic N) is 1. The molecule has 0 fully saturated rings. The zero-order valence-electron chi connectivity index (χ0n) is 20.2. The van der Waals surface area contributed by atoms with E-state index < -0.39 is 28.3 Å². The Balaban J connectivity index is 2.47. The lowest BCUT2D eigenvalue weighted by Crippen LogP contribution is -2.37. The number of carbonyl (C=O) groups excluding carboxylic acids is 3. The Morgan fingerprint density at radius 1 is 0.944 bits per heavy atom. The summed E-state index contributed by atoms with van der Waals surface area (Å²) in [5.41, 5.74) is 0.149. The summed E-state index contributed by atoms with van der Waals surface area (Å²) < 4.78 is 39.9. The van der Waals surface area contributed by atoms with E-state index in [0.717, 1.165) is 20.3 Å². The quantitative estimate of drug-likeness (QED) is 0.267. The summed E-state index contributed by atoms with van der Waals surface area (Å²) in [5, 5.41) is 7.49. The molecule has 0 saturated carbocycles. The second kappa shape index (κ2) is 13.1. The van der Waals surface area contributed by atoms with E-state index in [4.69, 9.17) is 4.18 Å². The molecule has 194 valence electrons. The monoisotopic (exact) mass is 520 g/mol. The fourth-order valence-electron chi connectivity index (χ4n) is 2.67. The van der Waals surface area contributed by atoms with Crippen LogP contribution in [0.3, 0.4) is 0 Å². The van der Waals surface area contributed by atoms with Crippen molar-refractivity contribution in [1.82, 2.24) is 5.32 Å². The Labute approximate surface area is 209 Å². The van der Waals surface area contributed by atoms with Crippen molar-refractivity contribution in [2.75, 3.05) is 24.9 Å². The van der Waals surface area contributed by atoms with E-state index in [1.54, 1.807) is 18.2 Å². The zero-order chi connectivity index (χ0) is 26.7. The molecule has 0 aromatic heterocycles. The zero-order valence-corrected chi connectivity index (χ0v) is 21.0. The van der Waals surface area contributed by atoms with E-state index in [1.165, 1.54) is 24.3 Å². The minimum absolute atomic E-state index is 0.00955. The van der Waals surface area contributed by atoms with Gasteiger partial charge in [0.05, 0.1) is 25.6 Å². The first-order chi connectivity index (χ1) is 17.0. The van der Waals surface area contributed by atoms with E-state index in [0.29, 0.717) is 12.3 Å². The lowest BCUT2D eigenvalue weighted by Gasteiger charge is -2.16. The minimum Gasteiger partial charge on any atom is -0.453 e. The topological polar surface area (TPSA) is 161 Å². The number of benzene rings is 2. The van der Waals surface area contributed by atoms with Gasteiger partial charge < -0.3 is 24.3 Å². The summed E-state index contributed by atoms with van der Waals surface area (Å²) in [7, 11) is -2.11. The van der Waals surface area contributed by atoms with Gasteiger partial charge in [-0.25, -0.2) is 9.59 Å². The normalized spacial score (nSPS) is 11.4. The Hall–Kier alpha value is -4.13. The lowest BCUT2D eigenvalue weighted by atomic mass is 10.1. The molecule has 13 heteroatoms. The molecule has 0 unspecified atom stereocenters. The van der Waals surface area contributed by atoms with Crippen LogP contribution in [0.15, 0.2) is 58.4 Å². The first kappa shape index (κ1) is 28.1. The number of ether oxygens (including phenoxy) is 2. The van der Waals surface area contributed by atoms with Crippen LogP contribution in [0.1, 0.15) is 26.7 Å². The third kappa shape index (κ3) is 8.91. The molecule has 0 aliphatic carbocycles. The Kier molecular flexibility index (Phi) is 10.2. The highest BCUT2D eigenvalue weighted by Gasteiger charge is 2.21. The van der Waals surface area contributed by atoms with Crippen LogP contribution in [0, 0.1) is 5.92 Å². The summed E-state index contributed by atoms with van der Waals surface area (Å²) in [6.07, 6.45) is -1.18. The van der Waals surface area contributed by atoms with Crippen molar-refractivity contribution < 1.29 is 36.5 Å². The summed E-state index contributed by atoms with van der Waals surface area (Å²) in [5.74, 6) is -0.377. The molecule has 2 aromatic rings. The summed E-state index contributed by atoms with van der Waals surface area (Å²) in [4.78, 5) is 39.2. The number of rotatable bonds is 8.